The maximum atomic E-state index is 5.62. The average molecular weight is 199 g/mol. The van der Waals surface area contributed by atoms with Gasteiger partial charge in [-0.1, -0.05) is 20.3 Å². The van der Waals surface area contributed by atoms with Crippen LogP contribution in [0.4, 0.5) is 0 Å². The number of hydrogen-bond donors (Lipinski definition) is 1. The van der Waals surface area contributed by atoms with Gasteiger partial charge < -0.3 is 10.1 Å². The van der Waals surface area contributed by atoms with Crippen molar-refractivity contribution >= 4 is 0 Å². The lowest BCUT2D eigenvalue weighted by Gasteiger charge is -2.26. The lowest BCUT2D eigenvalue weighted by atomic mass is 10.0. The third-order valence-corrected chi connectivity index (χ3v) is 3.01. The molecule has 0 heterocycles. The summed E-state index contributed by atoms with van der Waals surface area (Å²) in [6.45, 7) is 5.59. The summed E-state index contributed by atoms with van der Waals surface area (Å²) in [4.78, 5) is 0. The fraction of sp³-hybridized carbons (Fsp3) is 1.00. The van der Waals surface area contributed by atoms with Gasteiger partial charge >= 0.3 is 0 Å². The molecular formula is C12H25NO. The van der Waals surface area contributed by atoms with E-state index in [1.807, 2.05) is 7.11 Å². The number of methoxy groups -OCH3 is 1. The van der Waals surface area contributed by atoms with Crippen LogP contribution < -0.4 is 5.32 Å². The van der Waals surface area contributed by atoms with Crippen LogP contribution in [0.15, 0.2) is 0 Å². The number of nitrogens with one attached hydrogen (secondary N) is 1. The normalized spacial score (nSPS) is 20.8. The Balaban J connectivity index is 2.36. The molecule has 0 saturated heterocycles. The Morgan fingerprint density at radius 1 is 1.29 bits per heavy atom. The van der Waals surface area contributed by atoms with E-state index in [1.54, 1.807) is 0 Å². The van der Waals surface area contributed by atoms with Crippen molar-refractivity contribution in [1.29, 1.82) is 0 Å². The molecule has 0 aromatic rings. The second-order valence-electron chi connectivity index (χ2n) is 4.39. The molecule has 2 atom stereocenters. The molecule has 0 aromatic heterocycles. The summed E-state index contributed by atoms with van der Waals surface area (Å²) in [5.41, 5.74) is 0. The first-order valence-corrected chi connectivity index (χ1v) is 6.09. The summed E-state index contributed by atoms with van der Waals surface area (Å²) in [7, 11) is 1.86. The molecule has 2 unspecified atom stereocenters. The van der Waals surface area contributed by atoms with Crippen LogP contribution in [0.5, 0.6) is 0 Å². The zero-order valence-electron chi connectivity index (χ0n) is 9.88. The standard InChI is InChI=1S/C12H25NO/c1-4-6-11(13-9-5-2)12(14-3)10-7-8-10/h10-13H,4-9H2,1-3H3. The Morgan fingerprint density at radius 2 is 2.00 bits per heavy atom. The van der Waals surface area contributed by atoms with Gasteiger partial charge in [-0.25, -0.2) is 0 Å². The number of rotatable bonds is 8. The van der Waals surface area contributed by atoms with E-state index < -0.39 is 0 Å². The maximum absolute atomic E-state index is 5.62. The Morgan fingerprint density at radius 3 is 2.43 bits per heavy atom. The molecule has 84 valence electrons. The van der Waals surface area contributed by atoms with Gasteiger partial charge in [0.05, 0.1) is 6.10 Å². The average Bonchev–Trinajstić information content (AvgIpc) is 2.99. The fourth-order valence-electron chi connectivity index (χ4n) is 2.13. The molecule has 0 radical (unpaired) electrons. The van der Waals surface area contributed by atoms with E-state index in [1.165, 1.54) is 32.1 Å². The summed E-state index contributed by atoms with van der Waals surface area (Å²) >= 11 is 0. The molecular weight excluding hydrogens is 174 g/mol. The van der Waals surface area contributed by atoms with Crippen molar-refractivity contribution in [2.45, 2.75) is 58.1 Å². The van der Waals surface area contributed by atoms with Gasteiger partial charge in [0, 0.05) is 13.2 Å². The fourth-order valence-corrected chi connectivity index (χ4v) is 2.13. The third kappa shape index (κ3) is 3.58. The second-order valence-corrected chi connectivity index (χ2v) is 4.39. The summed E-state index contributed by atoms with van der Waals surface area (Å²) < 4.78 is 5.62. The number of ether oxygens (including phenoxy) is 1. The SMILES string of the molecule is CCCNC(CCC)C(OC)C1CC1. The maximum Gasteiger partial charge on any atom is 0.0752 e. The summed E-state index contributed by atoms with van der Waals surface area (Å²) in [5, 5.41) is 3.62. The summed E-state index contributed by atoms with van der Waals surface area (Å²) in [5.74, 6) is 0.834. The zero-order valence-corrected chi connectivity index (χ0v) is 9.88. The van der Waals surface area contributed by atoms with Gasteiger partial charge in [0.25, 0.3) is 0 Å². The Labute approximate surface area is 88.4 Å². The first kappa shape index (κ1) is 12.0. The van der Waals surface area contributed by atoms with E-state index in [0.717, 1.165) is 12.5 Å². The van der Waals surface area contributed by atoms with Crippen molar-refractivity contribution in [3.8, 4) is 0 Å². The van der Waals surface area contributed by atoms with Crippen molar-refractivity contribution in [1.82, 2.24) is 5.32 Å². The zero-order chi connectivity index (χ0) is 10.4. The quantitative estimate of drug-likeness (QED) is 0.649. The van der Waals surface area contributed by atoms with Gasteiger partial charge in [-0.2, -0.15) is 0 Å². The van der Waals surface area contributed by atoms with Gasteiger partial charge in [0.15, 0.2) is 0 Å². The van der Waals surface area contributed by atoms with Crippen LogP contribution in [0.3, 0.4) is 0 Å². The highest BCUT2D eigenvalue weighted by atomic mass is 16.5. The van der Waals surface area contributed by atoms with Gasteiger partial charge in [0.2, 0.25) is 0 Å². The van der Waals surface area contributed by atoms with Crippen molar-refractivity contribution in [2.24, 2.45) is 5.92 Å². The molecule has 1 rings (SSSR count). The molecule has 0 aliphatic heterocycles. The minimum absolute atomic E-state index is 0.460. The van der Waals surface area contributed by atoms with Crippen LogP contribution in [0.1, 0.15) is 46.0 Å². The molecule has 0 spiro atoms. The molecule has 0 amide bonds. The number of hydrogen-bond acceptors (Lipinski definition) is 2. The molecule has 1 aliphatic rings. The molecule has 1 aliphatic carbocycles. The topological polar surface area (TPSA) is 21.3 Å². The van der Waals surface area contributed by atoms with Crippen LogP contribution >= 0.6 is 0 Å². The largest absolute Gasteiger partial charge is 0.380 e. The molecule has 2 heteroatoms. The Bertz CT molecular complexity index is 145. The highest BCUT2D eigenvalue weighted by molar-refractivity contribution is 4.89. The predicted octanol–water partition coefficient (Wildman–Crippen LogP) is 2.58. The first-order valence-electron chi connectivity index (χ1n) is 6.09. The van der Waals surface area contributed by atoms with E-state index in [2.05, 4.69) is 19.2 Å². The minimum atomic E-state index is 0.460. The van der Waals surface area contributed by atoms with Crippen LogP contribution in [0, 0.1) is 5.92 Å². The van der Waals surface area contributed by atoms with Gasteiger partial charge in [-0.15, -0.1) is 0 Å². The molecule has 14 heavy (non-hydrogen) atoms. The third-order valence-electron chi connectivity index (χ3n) is 3.01. The highest BCUT2D eigenvalue weighted by Crippen LogP contribution is 2.36. The van der Waals surface area contributed by atoms with Crippen molar-refractivity contribution in [3.63, 3.8) is 0 Å². The predicted molar refractivity (Wildman–Crippen MR) is 60.5 cm³/mol. The van der Waals surface area contributed by atoms with E-state index in [9.17, 15) is 0 Å². The molecule has 0 aromatic carbocycles. The minimum Gasteiger partial charge on any atom is -0.380 e. The Hall–Kier alpha value is -0.0800. The van der Waals surface area contributed by atoms with Gasteiger partial charge in [-0.3, -0.25) is 0 Å². The van der Waals surface area contributed by atoms with Gasteiger partial charge in [0.1, 0.15) is 0 Å². The molecule has 0 bridgehead atoms. The van der Waals surface area contributed by atoms with E-state index in [-0.39, 0.29) is 0 Å². The van der Waals surface area contributed by atoms with Crippen molar-refractivity contribution < 1.29 is 4.74 Å². The molecule has 1 N–H and O–H groups in total. The highest BCUT2D eigenvalue weighted by Gasteiger charge is 2.35. The first-order chi connectivity index (χ1) is 6.83. The summed E-state index contributed by atoms with van der Waals surface area (Å²) in [6, 6.07) is 0.581. The van der Waals surface area contributed by atoms with Crippen LogP contribution in [-0.2, 0) is 4.74 Å². The lowest BCUT2D eigenvalue weighted by molar-refractivity contribution is 0.0482. The molecule has 1 fully saturated rings. The van der Waals surface area contributed by atoms with Crippen LogP contribution in [-0.4, -0.2) is 25.8 Å². The van der Waals surface area contributed by atoms with E-state index >= 15 is 0 Å². The van der Waals surface area contributed by atoms with E-state index in [4.69, 9.17) is 4.74 Å². The lowest BCUT2D eigenvalue weighted by Crippen LogP contribution is -2.42. The molecule has 1 saturated carbocycles. The second kappa shape index (κ2) is 6.41. The summed E-state index contributed by atoms with van der Waals surface area (Å²) in [6.07, 6.45) is 6.89. The van der Waals surface area contributed by atoms with Crippen molar-refractivity contribution in [3.05, 3.63) is 0 Å². The molecule has 2 nitrogen and oxygen atoms in total. The van der Waals surface area contributed by atoms with Crippen LogP contribution in [0.25, 0.3) is 0 Å². The van der Waals surface area contributed by atoms with Crippen LogP contribution in [0.2, 0.25) is 0 Å². The smallest absolute Gasteiger partial charge is 0.0752 e. The Kier molecular flexibility index (Phi) is 5.49. The van der Waals surface area contributed by atoms with Crippen molar-refractivity contribution in [2.75, 3.05) is 13.7 Å². The van der Waals surface area contributed by atoms with Gasteiger partial charge in [-0.05, 0) is 38.1 Å². The van der Waals surface area contributed by atoms with E-state index in [0.29, 0.717) is 12.1 Å². The monoisotopic (exact) mass is 199 g/mol.